The highest BCUT2D eigenvalue weighted by molar-refractivity contribution is 5.68. The van der Waals surface area contributed by atoms with E-state index >= 15 is 0 Å². The first-order chi connectivity index (χ1) is 8.41. The highest BCUT2D eigenvalue weighted by Gasteiger charge is 2.03. The minimum absolute atomic E-state index is 0.246. The van der Waals surface area contributed by atoms with Crippen LogP contribution in [0.5, 0.6) is 0 Å². The Bertz CT molecular complexity index is 470. The monoisotopic (exact) mass is 246 g/mol. The number of hydrogen-bond donors (Lipinski definition) is 1. The van der Waals surface area contributed by atoms with Crippen LogP contribution in [-0.2, 0) is 4.79 Å². The fourth-order valence-electron chi connectivity index (χ4n) is 2.07. The predicted molar refractivity (Wildman–Crippen MR) is 75.8 cm³/mol. The van der Waals surface area contributed by atoms with Gasteiger partial charge in [0.1, 0.15) is 0 Å². The molecule has 0 aliphatic heterocycles. The number of unbranched alkanes of at least 4 members (excludes halogenated alkanes) is 1. The second kappa shape index (κ2) is 6.39. The van der Waals surface area contributed by atoms with Crippen molar-refractivity contribution in [3.63, 3.8) is 0 Å². The normalized spacial score (nSPS) is 11.7. The lowest BCUT2D eigenvalue weighted by Gasteiger charge is -2.10. The standard InChI is InChI=1S/C16H22O2/c1-11(7-5-6-8-16(17)18)15-10-13(3)12(2)9-14(15)4/h7,9-10H,5-6,8H2,1-4H3,(H,17,18)/b11-7+. The summed E-state index contributed by atoms with van der Waals surface area (Å²) >= 11 is 0. The van der Waals surface area contributed by atoms with Gasteiger partial charge in [0, 0.05) is 6.42 Å². The van der Waals surface area contributed by atoms with Crippen molar-refractivity contribution >= 4 is 11.5 Å². The molecule has 0 aliphatic rings. The number of rotatable bonds is 5. The first kappa shape index (κ1) is 14.5. The second-order valence-corrected chi connectivity index (χ2v) is 4.92. The third-order valence-electron chi connectivity index (χ3n) is 3.31. The Balaban J connectivity index is 2.77. The fraction of sp³-hybridized carbons (Fsp3) is 0.438. The van der Waals surface area contributed by atoms with Crippen molar-refractivity contribution in [1.82, 2.24) is 0 Å². The molecule has 0 aromatic heterocycles. The summed E-state index contributed by atoms with van der Waals surface area (Å²) in [6, 6.07) is 4.42. The molecule has 2 nitrogen and oxygen atoms in total. The lowest BCUT2D eigenvalue weighted by atomic mass is 9.95. The van der Waals surface area contributed by atoms with Crippen molar-refractivity contribution in [2.24, 2.45) is 0 Å². The van der Waals surface area contributed by atoms with Crippen LogP contribution < -0.4 is 0 Å². The van der Waals surface area contributed by atoms with Gasteiger partial charge in [0.2, 0.25) is 0 Å². The smallest absolute Gasteiger partial charge is 0.303 e. The van der Waals surface area contributed by atoms with Crippen molar-refractivity contribution in [2.75, 3.05) is 0 Å². The Morgan fingerprint density at radius 3 is 2.39 bits per heavy atom. The summed E-state index contributed by atoms with van der Waals surface area (Å²) in [7, 11) is 0. The maximum Gasteiger partial charge on any atom is 0.303 e. The number of aryl methyl sites for hydroxylation is 3. The molecule has 2 heteroatoms. The molecule has 0 spiro atoms. The zero-order valence-electron chi connectivity index (χ0n) is 11.7. The molecule has 98 valence electrons. The molecule has 0 fully saturated rings. The van der Waals surface area contributed by atoms with Crippen molar-refractivity contribution in [3.8, 4) is 0 Å². The summed E-state index contributed by atoms with van der Waals surface area (Å²) in [5.41, 5.74) is 6.41. The molecule has 0 aliphatic carbocycles. The third-order valence-corrected chi connectivity index (χ3v) is 3.31. The van der Waals surface area contributed by atoms with E-state index in [9.17, 15) is 4.79 Å². The zero-order chi connectivity index (χ0) is 13.7. The van der Waals surface area contributed by atoms with Gasteiger partial charge in [-0.3, -0.25) is 4.79 Å². The van der Waals surface area contributed by atoms with Crippen LogP contribution in [0, 0.1) is 20.8 Å². The van der Waals surface area contributed by atoms with E-state index in [4.69, 9.17) is 5.11 Å². The van der Waals surface area contributed by atoms with E-state index in [0.29, 0.717) is 6.42 Å². The van der Waals surface area contributed by atoms with E-state index in [1.54, 1.807) is 0 Å². The maximum atomic E-state index is 10.4. The molecule has 18 heavy (non-hydrogen) atoms. The van der Waals surface area contributed by atoms with Gasteiger partial charge in [-0.2, -0.15) is 0 Å². The maximum absolute atomic E-state index is 10.4. The molecule has 0 saturated heterocycles. The Morgan fingerprint density at radius 2 is 1.78 bits per heavy atom. The molecule has 0 bridgehead atoms. The first-order valence-corrected chi connectivity index (χ1v) is 6.38. The van der Waals surface area contributed by atoms with Crippen LogP contribution in [0.1, 0.15) is 48.4 Å². The quantitative estimate of drug-likeness (QED) is 0.788. The van der Waals surface area contributed by atoms with Crippen LogP contribution in [0.4, 0.5) is 0 Å². The van der Waals surface area contributed by atoms with Gasteiger partial charge in [0.05, 0.1) is 0 Å². The SMILES string of the molecule is C/C(=C\CCCC(=O)O)c1cc(C)c(C)cc1C. The van der Waals surface area contributed by atoms with Gasteiger partial charge in [-0.25, -0.2) is 0 Å². The molecule has 0 unspecified atom stereocenters. The summed E-state index contributed by atoms with van der Waals surface area (Å²) in [6.07, 6.45) is 3.91. The van der Waals surface area contributed by atoms with Gasteiger partial charge in [-0.05, 0) is 68.4 Å². The Kier molecular flexibility index (Phi) is 5.14. The molecule has 1 rings (SSSR count). The summed E-state index contributed by atoms with van der Waals surface area (Å²) in [5.74, 6) is -0.719. The number of aliphatic carboxylic acids is 1. The lowest BCUT2D eigenvalue weighted by Crippen LogP contribution is -1.93. The summed E-state index contributed by atoms with van der Waals surface area (Å²) < 4.78 is 0. The molecule has 1 N–H and O–H groups in total. The van der Waals surface area contributed by atoms with Crippen LogP contribution in [0.15, 0.2) is 18.2 Å². The van der Waals surface area contributed by atoms with E-state index in [2.05, 4.69) is 45.9 Å². The Hall–Kier alpha value is -1.57. The van der Waals surface area contributed by atoms with Gasteiger partial charge in [-0.1, -0.05) is 18.2 Å². The number of carboxylic acids is 1. The van der Waals surface area contributed by atoms with Crippen LogP contribution in [0.25, 0.3) is 5.57 Å². The first-order valence-electron chi connectivity index (χ1n) is 6.38. The molecule has 0 radical (unpaired) electrons. The molecular weight excluding hydrogens is 224 g/mol. The van der Waals surface area contributed by atoms with E-state index in [0.717, 1.165) is 6.42 Å². The minimum atomic E-state index is -0.719. The summed E-state index contributed by atoms with van der Waals surface area (Å²) in [4.78, 5) is 10.4. The van der Waals surface area contributed by atoms with Crippen molar-refractivity contribution < 1.29 is 9.90 Å². The van der Waals surface area contributed by atoms with Gasteiger partial charge in [0.25, 0.3) is 0 Å². The topological polar surface area (TPSA) is 37.3 Å². The van der Waals surface area contributed by atoms with Crippen LogP contribution >= 0.6 is 0 Å². The number of carbonyl (C=O) groups is 1. The van der Waals surface area contributed by atoms with Crippen molar-refractivity contribution in [2.45, 2.75) is 47.0 Å². The van der Waals surface area contributed by atoms with Gasteiger partial charge in [-0.15, -0.1) is 0 Å². The third kappa shape index (κ3) is 4.02. The lowest BCUT2D eigenvalue weighted by molar-refractivity contribution is -0.137. The van der Waals surface area contributed by atoms with Crippen LogP contribution in [0.2, 0.25) is 0 Å². The number of allylic oxidation sites excluding steroid dienone is 2. The minimum Gasteiger partial charge on any atom is -0.481 e. The van der Waals surface area contributed by atoms with E-state index in [1.807, 2.05) is 0 Å². The van der Waals surface area contributed by atoms with Crippen LogP contribution in [0.3, 0.4) is 0 Å². The van der Waals surface area contributed by atoms with E-state index in [1.165, 1.54) is 27.8 Å². The van der Waals surface area contributed by atoms with E-state index < -0.39 is 5.97 Å². The zero-order valence-corrected chi connectivity index (χ0v) is 11.7. The Labute approximate surface area is 109 Å². The Morgan fingerprint density at radius 1 is 1.17 bits per heavy atom. The molecular formula is C16H22O2. The second-order valence-electron chi connectivity index (χ2n) is 4.92. The predicted octanol–water partition coefficient (Wildman–Crippen LogP) is 4.27. The summed E-state index contributed by atoms with van der Waals surface area (Å²) in [5, 5.41) is 8.59. The largest absolute Gasteiger partial charge is 0.481 e. The molecule has 0 amide bonds. The van der Waals surface area contributed by atoms with Crippen molar-refractivity contribution in [3.05, 3.63) is 40.5 Å². The number of hydrogen-bond acceptors (Lipinski definition) is 1. The van der Waals surface area contributed by atoms with E-state index in [-0.39, 0.29) is 6.42 Å². The average molecular weight is 246 g/mol. The number of carboxylic acid groups (broad SMARTS) is 1. The average Bonchev–Trinajstić information content (AvgIpc) is 2.28. The highest BCUT2D eigenvalue weighted by atomic mass is 16.4. The van der Waals surface area contributed by atoms with Gasteiger partial charge < -0.3 is 5.11 Å². The van der Waals surface area contributed by atoms with Crippen molar-refractivity contribution in [1.29, 1.82) is 0 Å². The van der Waals surface area contributed by atoms with Gasteiger partial charge >= 0.3 is 5.97 Å². The number of benzene rings is 1. The molecule has 0 heterocycles. The molecule has 0 saturated carbocycles. The molecule has 1 aromatic carbocycles. The highest BCUT2D eigenvalue weighted by Crippen LogP contribution is 2.23. The van der Waals surface area contributed by atoms with Crippen LogP contribution in [-0.4, -0.2) is 11.1 Å². The fourth-order valence-corrected chi connectivity index (χ4v) is 2.07. The molecule has 1 aromatic rings. The van der Waals surface area contributed by atoms with Gasteiger partial charge in [0.15, 0.2) is 0 Å². The summed E-state index contributed by atoms with van der Waals surface area (Å²) in [6.45, 7) is 8.46. The molecule has 0 atom stereocenters.